The monoisotopic (exact) mass is 367 g/mol. The van der Waals surface area contributed by atoms with Gasteiger partial charge in [0.2, 0.25) is 11.8 Å². The van der Waals surface area contributed by atoms with E-state index in [9.17, 15) is 14.0 Å². The minimum atomic E-state index is -0.566. The molecule has 0 unspecified atom stereocenters. The van der Waals surface area contributed by atoms with Gasteiger partial charge in [0.1, 0.15) is 5.82 Å². The van der Waals surface area contributed by atoms with Gasteiger partial charge in [-0.1, -0.05) is 11.6 Å². The van der Waals surface area contributed by atoms with Gasteiger partial charge in [0, 0.05) is 18.1 Å². The Morgan fingerprint density at radius 1 is 1.16 bits per heavy atom. The van der Waals surface area contributed by atoms with Crippen molar-refractivity contribution in [3.8, 4) is 0 Å². The highest BCUT2D eigenvalue weighted by molar-refractivity contribution is 6.30. The van der Waals surface area contributed by atoms with E-state index in [2.05, 4.69) is 5.32 Å². The number of hydrogen-bond acceptors (Lipinski definition) is 3. The molecule has 1 N–H and O–H groups in total. The first-order valence-corrected chi connectivity index (χ1v) is 9.20. The van der Waals surface area contributed by atoms with Crippen molar-refractivity contribution in [2.24, 2.45) is 0 Å². The Hall–Kier alpha value is -1.66. The molecule has 0 saturated carbocycles. The molecule has 25 heavy (non-hydrogen) atoms. The highest BCUT2D eigenvalue weighted by Gasteiger charge is 2.34. The van der Waals surface area contributed by atoms with Crippen LogP contribution in [0.1, 0.15) is 32.1 Å². The number of benzene rings is 1. The average Bonchev–Trinajstić information content (AvgIpc) is 3.05. The molecule has 0 bridgehead atoms. The first kappa shape index (κ1) is 18.1. The zero-order valence-corrected chi connectivity index (χ0v) is 14.9. The van der Waals surface area contributed by atoms with Crippen molar-refractivity contribution >= 4 is 29.1 Å². The smallest absolute Gasteiger partial charge is 0.239 e. The van der Waals surface area contributed by atoms with Gasteiger partial charge in [-0.2, -0.15) is 0 Å². The summed E-state index contributed by atoms with van der Waals surface area (Å²) in [6.07, 6.45) is 4.95. The Bertz CT molecular complexity index is 649. The predicted octanol–water partition coefficient (Wildman–Crippen LogP) is 2.89. The van der Waals surface area contributed by atoms with Gasteiger partial charge in [-0.15, -0.1) is 0 Å². The second-order valence-electron chi connectivity index (χ2n) is 6.69. The third kappa shape index (κ3) is 4.50. The molecular formula is C18H23ClFN3O2. The molecule has 0 spiro atoms. The Balaban J connectivity index is 1.58. The van der Waals surface area contributed by atoms with E-state index in [0.717, 1.165) is 44.8 Å². The maximum Gasteiger partial charge on any atom is 0.239 e. The molecule has 1 aromatic rings. The number of amides is 2. The SMILES string of the molecule is O=C(CN1CCC[C@H]1C(=O)N1CCCCC1)Nc1ccc(Cl)cc1F. The largest absolute Gasteiger partial charge is 0.341 e. The van der Waals surface area contributed by atoms with Crippen LogP contribution in [0.2, 0.25) is 5.02 Å². The fourth-order valence-electron chi connectivity index (χ4n) is 3.59. The van der Waals surface area contributed by atoms with E-state index in [1.54, 1.807) is 0 Å². The van der Waals surface area contributed by atoms with Gasteiger partial charge in [-0.05, 0) is 56.8 Å². The lowest BCUT2D eigenvalue weighted by Gasteiger charge is -2.32. The van der Waals surface area contributed by atoms with Crippen LogP contribution in [0, 0.1) is 5.82 Å². The van der Waals surface area contributed by atoms with Gasteiger partial charge >= 0.3 is 0 Å². The van der Waals surface area contributed by atoms with E-state index < -0.39 is 5.82 Å². The van der Waals surface area contributed by atoms with Crippen LogP contribution >= 0.6 is 11.6 Å². The van der Waals surface area contributed by atoms with E-state index in [0.29, 0.717) is 6.54 Å². The first-order chi connectivity index (χ1) is 12.0. The second-order valence-corrected chi connectivity index (χ2v) is 7.12. The second kappa shape index (κ2) is 8.15. The van der Waals surface area contributed by atoms with Crippen molar-refractivity contribution in [2.45, 2.75) is 38.1 Å². The highest BCUT2D eigenvalue weighted by Crippen LogP contribution is 2.22. The summed E-state index contributed by atoms with van der Waals surface area (Å²) in [7, 11) is 0. The van der Waals surface area contributed by atoms with Gasteiger partial charge in [-0.3, -0.25) is 14.5 Å². The van der Waals surface area contributed by atoms with Gasteiger partial charge in [0.05, 0.1) is 18.3 Å². The third-order valence-electron chi connectivity index (χ3n) is 4.87. The van der Waals surface area contributed by atoms with E-state index in [4.69, 9.17) is 11.6 Å². The van der Waals surface area contributed by atoms with Crippen LogP contribution < -0.4 is 5.32 Å². The van der Waals surface area contributed by atoms with Crippen LogP contribution in [0.25, 0.3) is 0 Å². The molecule has 2 heterocycles. The maximum atomic E-state index is 13.8. The number of likely N-dealkylation sites (tertiary alicyclic amines) is 2. The summed E-state index contributed by atoms with van der Waals surface area (Å²) >= 11 is 5.72. The molecule has 0 radical (unpaired) electrons. The fourth-order valence-corrected chi connectivity index (χ4v) is 3.74. The average molecular weight is 368 g/mol. The van der Waals surface area contributed by atoms with Crippen molar-refractivity contribution < 1.29 is 14.0 Å². The van der Waals surface area contributed by atoms with Crippen LogP contribution in [-0.4, -0.2) is 53.8 Å². The zero-order chi connectivity index (χ0) is 17.8. The Kier molecular flexibility index (Phi) is 5.91. The maximum absolute atomic E-state index is 13.8. The van der Waals surface area contributed by atoms with Crippen molar-refractivity contribution in [3.63, 3.8) is 0 Å². The van der Waals surface area contributed by atoms with E-state index in [1.165, 1.54) is 18.6 Å². The molecule has 0 aromatic heterocycles. The Morgan fingerprint density at radius 3 is 2.64 bits per heavy atom. The zero-order valence-electron chi connectivity index (χ0n) is 14.1. The van der Waals surface area contributed by atoms with E-state index in [-0.39, 0.29) is 35.1 Å². The number of carbonyl (C=O) groups is 2. The number of carbonyl (C=O) groups excluding carboxylic acids is 2. The van der Waals surface area contributed by atoms with Gasteiger partial charge < -0.3 is 10.2 Å². The molecule has 3 rings (SSSR count). The lowest BCUT2D eigenvalue weighted by molar-refractivity contribution is -0.137. The topological polar surface area (TPSA) is 52.7 Å². The molecule has 1 atom stereocenters. The van der Waals surface area contributed by atoms with Crippen molar-refractivity contribution in [3.05, 3.63) is 29.0 Å². The van der Waals surface area contributed by atoms with E-state index >= 15 is 0 Å². The summed E-state index contributed by atoms with van der Waals surface area (Å²) in [5.74, 6) is -0.759. The van der Waals surface area contributed by atoms with Gasteiger partial charge in [0.15, 0.2) is 0 Å². The molecular weight excluding hydrogens is 345 g/mol. The molecule has 136 valence electrons. The summed E-state index contributed by atoms with van der Waals surface area (Å²) in [6, 6.07) is 3.89. The van der Waals surface area contributed by atoms with E-state index in [1.807, 2.05) is 9.80 Å². The van der Waals surface area contributed by atoms with Crippen LogP contribution in [0.3, 0.4) is 0 Å². The lowest BCUT2D eigenvalue weighted by atomic mass is 10.1. The summed E-state index contributed by atoms with van der Waals surface area (Å²) in [4.78, 5) is 28.8. The minimum Gasteiger partial charge on any atom is -0.341 e. The quantitative estimate of drug-likeness (QED) is 0.890. The van der Waals surface area contributed by atoms with Crippen molar-refractivity contribution in [2.75, 3.05) is 31.5 Å². The van der Waals surface area contributed by atoms with Crippen LogP contribution in [0.5, 0.6) is 0 Å². The number of hydrogen-bond donors (Lipinski definition) is 1. The predicted molar refractivity (Wildman–Crippen MR) is 95.1 cm³/mol. The molecule has 2 saturated heterocycles. The number of anilines is 1. The molecule has 2 fully saturated rings. The normalized spacial score (nSPS) is 21.4. The lowest BCUT2D eigenvalue weighted by Crippen LogP contribution is -2.49. The Labute approximate surface area is 152 Å². The number of halogens is 2. The molecule has 0 aliphatic carbocycles. The first-order valence-electron chi connectivity index (χ1n) is 8.82. The number of rotatable bonds is 4. The number of piperidine rings is 1. The van der Waals surface area contributed by atoms with Crippen LogP contribution in [0.4, 0.5) is 10.1 Å². The number of nitrogens with one attached hydrogen (secondary N) is 1. The number of nitrogens with zero attached hydrogens (tertiary/aromatic N) is 2. The molecule has 7 heteroatoms. The molecule has 2 aliphatic heterocycles. The van der Waals surface area contributed by atoms with Gasteiger partial charge in [-0.25, -0.2) is 4.39 Å². The molecule has 1 aromatic carbocycles. The van der Waals surface area contributed by atoms with Crippen molar-refractivity contribution in [1.82, 2.24) is 9.80 Å². The van der Waals surface area contributed by atoms with Gasteiger partial charge in [0.25, 0.3) is 0 Å². The van der Waals surface area contributed by atoms with Crippen molar-refractivity contribution in [1.29, 1.82) is 0 Å². The molecule has 2 aliphatic rings. The summed E-state index contributed by atoms with van der Waals surface area (Å²) in [5, 5.41) is 2.84. The standard InChI is InChI=1S/C18H23ClFN3O2/c19-13-6-7-15(14(20)11-13)21-17(24)12-23-10-4-5-16(23)18(25)22-8-2-1-3-9-22/h6-7,11,16H,1-5,8-10,12H2,(H,21,24)/t16-/m0/s1. The minimum absolute atomic E-state index is 0.0896. The Morgan fingerprint density at radius 2 is 1.92 bits per heavy atom. The summed E-state index contributed by atoms with van der Waals surface area (Å²) in [6.45, 7) is 2.42. The molecule has 5 nitrogen and oxygen atoms in total. The summed E-state index contributed by atoms with van der Waals surface area (Å²) < 4.78 is 13.8. The third-order valence-corrected chi connectivity index (χ3v) is 5.10. The van der Waals surface area contributed by atoms with Crippen LogP contribution in [0.15, 0.2) is 18.2 Å². The summed E-state index contributed by atoms with van der Waals surface area (Å²) in [5.41, 5.74) is 0.104. The highest BCUT2D eigenvalue weighted by atomic mass is 35.5. The fraction of sp³-hybridized carbons (Fsp3) is 0.556. The molecule has 2 amide bonds. The van der Waals surface area contributed by atoms with Crippen LogP contribution in [-0.2, 0) is 9.59 Å².